The van der Waals surface area contributed by atoms with Gasteiger partial charge in [0.1, 0.15) is 11.6 Å². The number of thioether (sulfide) groups is 1. The van der Waals surface area contributed by atoms with Crippen LogP contribution in [0.15, 0.2) is 35.5 Å². The van der Waals surface area contributed by atoms with E-state index in [9.17, 15) is 18.4 Å². The molecule has 2 aliphatic heterocycles. The highest BCUT2D eigenvalue weighted by Crippen LogP contribution is 2.44. The van der Waals surface area contributed by atoms with Crippen LogP contribution in [0.1, 0.15) is 12.0 Å². The van der Waals surface area contributed by atoms with Gasteiger partial charge in [-0.1, -0.05) is 17.3 Å². The maximum absolute atomic E-state index is 13.6. The number of amides is 1. The summed E-state index contributed by atoms with van der Waals surface area (Å²) in [5.74, 6) is -2.00. The summed E-state index contributed by atoms with van der Waals surface area (Å²) in [6.45, 7) is 0. The van der Waals surface area contributed by atoms with E-state index in [2.05, 4.69) is 10.5 Å². The van der Waals surface area contributed by atoms with Crippen LogP contribution in [0.2, 0.25) is 0 Å². The minimum atomic E-state index is -1.22. The Hall–Kier alpha value is -2.42. The molecule has 4 atom stereocenters. The number of fused-ring (bicyclic) bond motifs is 1. The third-order valence-corrected chi connectivity index (χ3v) is 6.45. The minimum absolute atomic E-state index is 0.270. The van der Waals surface area contributed by atoms with Crippen molar-refractivity contribution in [1.82, 2.24) is 5.32 Å². The minimum Gasteiger partial charge on any atom is -0.469 e. The van der Waals surface area contributed by atoms with Crippen LogP contribution in [0.4, 0.5) is 8.78 Å². The normalized spacial score (nSPS) is 30.5. The molecule has 1 aromatic rings. The Kier molecular flexibility index (Phi) is 4.86. The predicted molar refractivity (Wildman–Crippen MR) is 98.7 cm³/mol. The first-order valence-corrected chi connectivity index (χ1v) is 9.96. The van der Waals surface area contributed by atoms with Crippen molar-refractivity contribution in [3.05, 3.63) is 47.5 Å². The third-order valence-electron chi connectivity index (χ3n) is 5.25. The zero-order valence-corrected chi connectivity index (χ0v) is 15.8. The molecule has 0 radical (unpaired) electrons. The van der Waals surface area contributed by atoms with Gasteiger partial charge in [-0.2, -0.15) is 11.8 Å². The molecule has 28 heavy (non-hydrogen) atoms. The molecule has 4 rings (SSSR count). The summed E-state index contributed by atoms with van der Waals surface area (Å²) in [5.41, 5.74) is -0.584. The number of benzene rings is 1. The molecule has 1 aromatic carbocycles. The molecule has 2 unspecified atom stereocenters. The van der Waals surface area contributed by atoms with Gasteiger partial charge in [-0.25, -0.2) is 8.78 Å². The molecule has 0 bridgehead atoms. The zero-order chi connectivity index (χ0) is 19.9. The lowest BCUT2D eigenvalue weighted by molar-refractivity contribution is -0.146. The molecule has 148 valence electrons. The number of esters is 1. The summed E-state index contributed by atoms with van der Waals surface area (Å²) in [6, 6.07) is 2.83. The summed E-state index contributed by atoms with van der Waals surface area (Å²) < 4.78 is 32.0. The first-order chi connectivity index (χ1) is 13.4. The van der Waals surface area contributed by atoms with Crippen LogP contribution in [0, 0.1) is 23.5 Å². The monoisotopic (exact) mass is 408 g/mol. The van der Waals surface area contributed by atoms with Crippen molar-refractivity contribution in [1.29, 1.82) is 0 Å². The standard InChI is InChI=1S/C19H18F2N2O4S/c1-26-17(24)10-2-3-14(6-10)22-18(25)19-9-28-8-15(19)16(23-27-19)11-4-12(20)7-13(21)5-11/h2-5,7,10,14-15H,6,8-9H2,1H3,(H,22,25)/t10-,14+,15?,19?/m1/s1. The first-order valence-electron chi connectivity index (χ1n) is 8.80. The lowest BCUT2D eigenvalue weighted by Crippen LogP contribution is -2.54. The van der Waals surface area contributed by atoms with Crippen LogP contribution in [0.5, 0.6) is 0 Å². The van der Waals surface area contributed by atoms with Gasteiger partial charge in [0.15, 0.2) is 0 Å². The van der Waals surface area contributed by atoms with Crippen LogP contribution in [0.3, 0.4) is 0 Å². The number of nitrogens with one attached hydrogen (secondary N) is 1. The van der Waals surface area contributed by atoms with Crippen LogP contribution in [-0.2, 0) is 19.2 Å². The maximum Gasteiger partial charge on any atom is 0.312 e. The van der Waals surface area contributed by atoms with E-state index in [1.54, 1.807) is 12.2 Å². The van der Waals surface area contributed by atoms with Crippen molar-refractivity contribution in [2.24, 2.45) is 17.0 Å². The van der Waals surface area contributed by atoms with Crippen molar-refractivity contribution in [3.8, 4) is 0 Å². The summed E-state index contributed by atoms with van der Waals surface area (Å²) in [5, 5.41) is 6.91. The predicted octanol–water partition coefficient (Wildman–Crippen LogP) is 2.03. The van der Waals surface area contributed by atoms with Gasteiger partial charge in [0.05, 0.1) is 24.7 Å². The van der Waals surface area contributed by atoms with E-state index in [4.69, 9.17) is 9.57 Å². The molecule has 0 spiro atoms. The molecule has 1 aliphatic carbocycles. The fourth-order valence-electron chi connectivity index (χ4n) is 3.79. The van der Waals surface area contributed by atoms with Gasteiger partial charge >= 0.3 is 5.97 Å². The van der Waals surface area contributed by atoms with Gasteiger partial charge in [-0.05, 0) is 18.6 Å². The average Bonchev–Trinajstić information content (AvgIpc) is 3.35. The number of nitrogens with zero attached hydrogens (tertiary/aromatic N) is 1. The van der Waals surface area contributed by atoms with Crippen molar-refractivity contribution in [2.45, 2.75) is 18.1 Å². The first kappa shape index (κ1) is 18.9. The number of hydrogen-bond donors (Lipinski definition) is 1. The van der Waals surface area contributed by atoms with Crippen molar-refractivity contribution in [2.75, 3.05) is 18.6 Å². The number of carbonyl (C=O) groups is 2. The number of carbonyl (C=O) groups excluding carboxylic acids is 2. The Labute approximate surface area is 164 Å². The Balaban J connectivity index is 1.50. The van der Waals surface area contributed by atoms with Gasteiger partial charge in [-0.3, -0.25) is 9.59 Å². The van der Waals surface area contributed by atoms with Crippen LogP contribution in [-0.4, -0.2) is 47.8 Å². The number of rotatable bonds is 4. The second-order valence-electron chi connectivity index (χ2n) is 7.01. The number of halogens is 2. The molecule has 6 nitrogen and oxygen atoms in total. The van der Waals surface area contributed by atoms with Crippen molar-refractivity contribution in [3.63, 3.8) is 0 Å². The van der Waals surface area contributed by atoms with Crippen LogP contribution in [0.25, 0.3) is 0 Å². The smallest absolute Gasteiger partial charge is 0.312 e. The molecule has 9 heteroatoms. The number of oxime groups is 1. The van der Waals surface area contributed by atoms with Gasteiger partial charge in [0.2, 0.25) is 5.60 Å². The molecule has 1 fully saturated rings. The molecular weight excluding hydrogens is 390 g/mol. The number of ether oxygens (including phenoxy) is 1. The second kappa shape index (κ2) is 7.20. The van der Waals surface area contributed by atoms with E-state index in [0.29, 0.717) is 23.6 Å². The molecule has 0 saturated carbocycles. The molecule has 1 amide bonds. The Bertz CT molecular complexity index is 870. The van der Waals surface area contributed by atoms with Gasteiger partial charge in [0, 0.05) is 29.2 Å². The molecule has 3 aliphatic rings. The van der Waals surface area contributed by atoms with E-state index in [0.717, 1.165) is 6.07 Å². The molecular formula is C19H18F2N2O4S. The highest BCUT2D eigenvalue weighted by atomic mass is 32.2. The van der Waals surface area contributed by atoms with E-state index in [-0.39, 0.29) is 23.5 Å². The largest absolute Gasteiger partial charge is 0.469 e. The van der Waals surface area contributed by atoms with Crippen molar-refractivity contribution < 1.29 is 27.9 Å². The van der Waals surface area contributed by atoms with Gasteiger partial charge in [-0.15, -0.1) is 0 Å². The van der Waals surface area contributed by atoms with Crippen LogP contribution < -0.4 is 5.32 Å². The summed E-state index contributed by atoms with van der Waals surface area (Å²) in [6.07, 6.45) is 3.88. The fourth-order valence-corrected chi connectivity index (χ4v) is 5.26. The second-order valence-corrected chi connectivity index (χ2v) is 8.04. The van der Waals surface area contributed by atoms with Crippen LogP contribution >= 0.6 is 11.8 Å². The SMILES string of the molecule is COC(=O)[C@@H]1C=C[C@H](NC(=O)C23CSCC2C(c2cc(F)cc(F)c2)=NO3)C1. The third kappa shape index (κ3) is 3.17. The Morgan fingerprint density at radius 3 is 2.75 bits per heavy atom. The lowest BCUT2D eigenvalue weighted by Gasteiger charge is -2.26. The zero-order valence-electron chi connectivity index (χ0n) is 15.0. The fraction of sp³-hybridized carbons (Fsp3) is 0.421. The highest BCUT2D eigenvalue weighted by molar-refractivity contribution is 7.99. The summed E-state index contributed by atoms with van der Waals surface area (Å²) in [7, 11) is 1.32. The van der Waals surface area contributed by atoms with Gasteiger partial charge < -0.3 is 14.9 Å². The molecule has 2 heterocycles. The Morgan fingerprint density at radius 2 is 2.04 bits per heavy atom. The van der Waals surface area contributed by atoms with E-state index < -0.39 is 29.1 Å². The van der Waals surface area contributed by atoms with Crippen molar-refractivity contribution >= 4 is 29.4 Å². The molecule has 1 N–H and O–H groups in total. The molecule has 0 aromatic heterocycles. The maximum atomic E-state index is 13.6. The average molecular weight is 408 g/mol. The Morgan fingerprint density at radius 1 is 1.29 bits per heavy atom. The number of hydrogen-bond acceptors (Lipinski definition) is 6. The summed E-state index contributed by atoms with van der Waals surface area (Å²) >= 11 is 1.52. The topological polar surface area (TPSA) is 77.0 Å². The molecule has 1 saturated heterocycles. The van der Waals surface area contributed by atoms with E-state index in [1.165, 1.54) is 31.0 Å². The quantitative estimate of drug-likeness (QED) is 0.610. The number of methoxy groups -OCH3 is 1. The van der Waals surface area contributed by atoms with E-state index in [1.807, 2.05) is 0 Å². The van der Waals surface area contributed by atoms with Gasteiger partial charge in [0.25, 0.3) is 5.91 Å². The van der Waals surface area contributed by atoms with E-state index >= 15 is 0 Å². The lowest BCUT2D eigenvalue weighted by atomic mass is 9.84. The highest BCUT2D eigenvalue weighted by Gasteiger charge is 2.58. The summed E-state index contributed by atoms with van der Waals surface area (Å²) in [4.78, 5) is 30.3.